The first-order valence-corrected chi connectivity index (χ1v) is 11.1. The number of nitrogens with zero attached hydrogens (tertiary/aromatic N) is 5. The Morgan fingerprint density at radius 3 is 1.82 bits per heavy atom. The third-order valence-corrected chi connectivity index (χ3v) is 5.67. The Hall–Kier alpha value is -3.50. The van der Waals surface area contributed by atoms with Crippen LogP contribution in [0.1, 0.15) is 11.1 Å². The molecule has 0 aliphatic carbocycles. The van der Waals surface area contributed by atoms with Crippen molar-refractivity contribution >= 4 is 34.6 Å². The number of carbonyl (C=O) groups excluding carboxylic acids is 2. The molecule has 2 aliphatic heterocycles. The van der Waals surface area contributed by atoms with E-state index in [4.69, 9.17) is 5.73 Å². The highest BCUT2D eigenvalue weighted by Crippen LogP contribution is 2.31. The van der Waals surface area contributed by atoms with Crippen molar-refractivity contribution in [1.29, 1.82) is 0 Å². The van der Waals surface area contributed by atoms with Gasteiger partial charge in [-0.1, -0.05) is 0 Å². The van der Waals surface area contributed by atoms with Gasteiger partial charge in [0.2, 0.25) is 11.8 Å². The zero-order valence-electron chi connectivity index (χ0n) is 20.2. The topological polar surface area (TPSA) is 116 Å². The molecule has 2 aromatic rings. The molecule has 182 valence electrons. The average molecular weight is 469 g/mol. The highest BCUT2D eigenvalue weighted by atomic mass is 16.6. The van der Waals surface area contributed by atoms with Crippen LogP contribution in [0.25, 0.3) is 0 Å². The zero-order chi connectivity index (χ0) is 25.0. The van der Waals surface area contributed by atoms with Crippen molar-refractivity contribution in [3.8, 4) is 0 Å². The molecule has 0 saturated carbocycles. The number of likely N-dealkylation sites (N-methyl/N-ethyl adjacent to an activating group) is 2. The van der Waals surface area contributed by atoms with Gasteiger partial charge in [-0.3, -0.25) is 19.7 Å². The number of non-ortho nitro benzene ring substituents is 1. The number of nitrogens with two attached hydrogens (primary N) is 1. The van der Waals surface area contributed by atoms with Gasteiger partial charge in [0, 0.05) is 42.3 Å². The second-order valence-corrected chi connectivity index (χ2v) is 9.02. The van der Waals surface area contributed by atoms with Gasteiger partial charge in [0.05, 0.1) is 18.0 Å². The molecule has 0 unspecified atom stereocenters. The number of amides is 2. The molecule has 34 heavy (non-hydrogen) atoms. The number of nitro groups is 1. The minimum atomic E-state index is -0.412. The number of nitro benzene ring substituents is 1. The van der Waals surface area contributed by atoms with Crippen LogP contribution in [-0.2, 0) is 22.4 Å². The lowest BCUT2D eigenvalue weighted by Crippen LogP contribution is -2.36. The molecule has 10 heteroatoms. The maximum Gasteiger partial charge on any atom is 0.269 e. The summed E-state index contributed by atoms with van der Waals surface area (Å²) in [6.45, 7) is 2.16. The molecule has 0 fully saturated rings. The summed E-state index contributed by atoms with van der Waals surface area (Å²) in [6, 6.07) is 10.4. The van der Waals surface area contributed by atoms with E-state index in [9.17, 15) is 19.7 Å². The van der Waals surface area contributed by atoms with Gasteiger partial charge in [-0.2, -0.15) is 0 Å². The number of benzene rings is 2. The molecule has 2 heterocycles. The first-order chi connectivity index (χ1) is 16.1. The first-order valence-electron chi connectivity index (χ1n) is 11.1. The molecule has 0 spiro atoms. The standard InChI is InChI=1S/C12H15N3O3.C12H17N3O/c1-13(2)8-12(16)14-6-5-9-7-10(15(17)18)3-4-11(9)14;1-14(2)8-12(16)15-6-5-9-7-10(13)3-4-11(9)15/h3-4,7H,5-6,8H2,1-2H3;3-4,7H,5-6,8,13H2,1-2H3. The van der Waals surface area contributed by atoms with Crippen molar-refractivity contribution in [3.05, 3.63) is 57.6 Å². The largest absolute Gasteiger partial charge is 0.399 e. The van der Waals surface area contributed by atoms with Gasteiger partial charge < -0.3 is 25.3 Å². The molecule has 0 saturated heterocycles. The molecule has 2 aromatic carbocycles. The second-order valence-electron chi connectivity index (χ2n) is 9.02. The minimum absolute atomic E-state index is 0.0209. The fraction of sp³-hybridized carbons (Fsp3) is 0.417. The number of fused-ring (bicyclic) bond motifs is 2. The van der Waals surface area contributed by atoms with Crippen molar-refractivity contribution in [2.75, 3.05) is 69.9 Å². The summed E-state index contributed by atoms with van der Waals surface area (Å²) in [4.78, 5) is 41.4. The Morgan fingerprint density at radius 2 is 1.35 bits per heavy atom. The van der Waals surface area contributed by atoms with E-state index in [1.807, 2.05) is 61.1 Å². The number of rotatable bonds is 5. The van der Waals surface area contributed by atoms with E-state index >= 15 is 0 Å². The van der Waals surface area contributed by atoms with Crippen molar-refractivity contribution in [2.45, 2.75) is 12.8 Å². The van der Waals surface area contributed by atoms with E-state index < -0.39 is 4.92 Å². The van der Waals surface area contributed by atoms with E-state index in [1.165, 1.54) is 11.6 Å². The van der Waals surface area contributed by atoms with Crippen molar-refractivity contribution in [3.63, 3.8) is 0 Å². The van der Waals surface area contributed by atoms with E-state index in [-0.39, 0.29) is 17.5 Å². The Bertz CT molecular complexity index is 1090. The van der Waals surface area contributed by atoms with Crippen molar-refractivity contribution < 1.29 is 14.5 Å². The van der Waals surface area contributed by atoms with Crippen LogP contribution in [0.3, 0.4) is 0 Å². The molecular weight excluding hydrogens is 436 g/mol. The summed E-state index contributed by atoms with van der Waals surface area (Å²) >= 11 is 0. The van der Waals surface area contributed by atoms with Gasteiger partial charge in [-0.15, -0.1) is 0 Å². The number of nitrogen functional groups attached to an aromatic ring is 1. The van der Waals surface area contributed by atoms with Gasteiger partial charge in [-0.25, -0.2) is 0 Å². The number of carbonyl (C=O) groups is 2. The third kappa shape index (κ3) is 5.89. The number of hydrogen-bond acceptors (Lipinski definition) is 7. The highest BCUT2D eigenvalue weighted by Gasteiger charge is 2.26. The molecule has 2 amide bonds. The maximum atomic E-state index is 12.0. The lowest BCUT2D eigenvalue weighted by atomic mass is 10.1. The fourth-order valence-corrected chi connectivity index (χ4v) is 4.15. The fourth-order valence-electron chi connectivity index (χ4n) is 4.15. The lowest BCUT2D eigenvalue weighted by molar-refractivity contribution is -0.384. The molecule has 10 nitrogen and oxygen atoms in total. The van der Waals surface area contributed by atoms with Gasteiger partial charge in [0.1, 0.15) is 0 Å². The zero-order valence-corrected chi connectivity index (χ0v) is 20.2. The summed E-state index contributed by atoms with van der Waals surface area (Å²) in [5.74, 6) is 0.168. The summed E-state index contributed by atoms with van der Waals surface area (Å²) < 4.78 is 0. The summed E-state index contributed by atoms with van der Waals surface area (Å²) in [5, 5.41) is 10.7. The molecule has 0 atom stereocenters. The Morgan fingerprint density at radius 1 is 0.882 bits per heavy atom. The SMILES string of the molecule is CN(C)CC(=O)N1CCc2cc(N)ccc21.CN(C)CC(=O)N1CCc2cc([N+](=O)[O-])ccc21. The second kappa shape index (κ2) is 10.6. The average Bonchev–Trinajstić information content (AvgIpc) is 3.36. The van der Waals surface area contributed by atoms with Crippen LogP contribution in [0, 0.1) is 10.1 Å². The molecular formula is C24H32N6O4. The summed E-state index contributed by atoms with van der Waals surface area (Å²) in [5.41, 5.74) is 10.4. The Kier molecular flexibility index (Phi) is 7.85. The van der Waals surface area contributed by atoms with Gasteiger partial charge in [-0.05, 0) is 76.4 Å². The van der Waals surface area contributed by atoms with Crippen LogP contribution in [-0.4, -0.2) is 80.9 Å². The van der Waals surface area contributed by atoms with Crippen LogP contribution in [0.2, 0.25) is 0 Å². The van der Waals surface area contributed by atoms with E-state index in [1.54, 1.807) is 17.0 Å². The smallest absolute Gasteiger partial charge is 0.269 e. The molecule has 4 rings (SSSR count). The maximum absolute atomic E-state index is 12.0. The highest BCUT2D eigenvalue weighted by molar-refractivity contribution is 5.97. The minimum Gasteiger partial charge on any atom is -0.399 e. The molecule has 2 aliphatic rings. The number of hydrogen-bond donors (Lipinski definition) is 1. The van der Waals surface area contributed by atoms with Crippen LogP contribution < -0.4 is 15.5 Å². The summed E-state index contributed by atoms with van der Waals surface area (Å²) in [7, 11) is 7.48. The lowest BCUT2D eigenvalue weighted by Gasteiger charge is -2.19. The van der Waals surface area contributed by atoms with Crippen LogP contribution in [0.5, 0.6) is 0 Å². The monoisotopic (exact) mass is 468 g/mol. The predicted molar refractivity (Wildman–Crippen MR) is 133 cm³/mol. The van der Waals surface area contributed by atoms with Crippen LogP contribution in [0.4, 0.5) is 22.7 Å². The Balaban J connectivity index is 0.000000192. The van der Waals surface area contributed by atoms with Crippen LogP contribution >= 0.6 is 0 Å². The first kappa shape index (κ1) is 25.1. The van der Waals surface area contributed by atoms with Crippen molar-refractivity contribution in [2.24, 2.45) is 0 Å². The summed E-state index contributed by atoms with van der Waals surface area (Å²) in [6.07, 6.45) is 1.58. The number of anilines is 3. The third-order valence-electron chi connectivity index (χ3n) is 5.67. The molecule has 0 aromatic heterocycles. The Labute approximate surface area is 199 Å². The van der Waals surface area contributed by atoms with Gasteiger partial charge in [0.25, 0.3) is 5.69 Å². The molecule has 0 radical (unpaired) electrons. The van der Waals surface area contributed by atoms with E-state index in [0.29, 0.717) is 26.1 Å². The van der Waals surface area contributed by atoms with E-state index in [2.05, 4.69) is 0 Å². The van der Waals surface area contributed by atoms with Crippen LogP contribution in [0.15, 0.2) is 36.4 Å². The predicted octanol–water partition coefficient (Wildman–Crippen LogP) is 1.77. The molecule has 0 bridgehead atoms. The van der Waals surface area contributed by atoms with E-state index in [0.717, 1.165) is 35.6 Å². The van der Waals surface area contributed by atoms with Crippen molar-refractivity contribution in [1.82, 2.24) is 9.80 Å². The van der Waals surface area contributed by atoms with Gasteiger partial charge >= 0.3 is 0 Å². The quantitative estimate of drug-likeness (QED) is 0.404. The van der Waals surface area contributed by atoms with Gasteiger partial charge in [0.15, 0.2) is 0 Å². The molecule has 2 N–H and O–H groups in total. The normalized spacial score (nSPS) is 14.1.